The van der Waals surface area contributed by atoms with Gasteiger partial charge in [-0.1, -0.05) is 103 Å². The van der Waals surface area contributed by atoms with Gasteiger partial charge in [0.05, 0.1) is 41.7 Å². The fourth-order valence-corrected chi connectivity index (χ4v) is 7.16. The number of amides is 1. The van der Waals surface area contributed by atoms with Crippen LogP contribution in [0.1, 0.15) is 51.6 Å². The zero-order valence-corrected chi connectivity index (χ0v) is 29.3. The predicted molar refractivity (Wildman–Crippen MR) is 201 cm³/mol. The van der Waals surface area contributed by atoms with Crippen molar-refractivity contribution < 1.29 is 19.4 Å². The van der Waals surface area contributed by atoms with Gasteiger partial charge in [0, 0.05) is 24.3 Å². The number of aliphatic hydroxyl groups excluding tert-OH is 1. The Bertz CT molecular complexity index is 2340. The first-order valence-corrected chi connectivity index (χ1v) is 18.2. The maximum absolute atomic E-state index is 13.0. The number of thioether (sulfide) groups is 1. The molecule has 1 amide bonds. The molecule has 0 radical (unpaired) electrons. The van der Waals surface area contributed by atoms with Crippen molar-refractivity contribution in [2.45, 2.75) is 43.2 Å². The van der Waals surface area contributed by atoms with Crippen LogP contribution in [0.5, 0.6) is 0 Å². The van der Waals surface area contributed by atoms with Gasteiger partial charge in [-0.25, -0.2) is 4.98 Å². The van der Waals surface area contributed by atoms with Crippen molar-refractivity contribution in [1.82, 2.24) is 35.5 Å². The van der Waals surface area contributed by atoms with Crippen LogP contribution in [0.15, 0.2) is 139 Å². The summed E-state index contributed by atoms with van der Waals surface area (Å²) in [5.74, 6) is 0.323. The largest absolute Gasteiger partial charge is 0.392 e. The molecular weight excluding hydrogens is 687 g/mol. The molecule has 2 N–H and O–H groups in total. The van der Waals surface area contributed by atoms with E-state index < -0.39 is 6.29 Å². The Balaban J connectivity index is 0.993. The Morgan fingerprint density at radius 3 is 2.42 bits per heavy atom. The first-order chi connectivity index (χ1) is 26.1. The van der Waals surface area contributed by atoms with E-state index in [4.69, 9.17) is 9.47 Å². The molecule has 7 aromatic rings. The van der Waals surface area contributed by atoms with Gasteiger partial charge in [0.2, 0.25) is 5.16 Å². The highest BCUT2D eigenvalue weighted by Crippen LogP contribution is 2.40. The summed E-state index contributed by atoms with van der Waals surface area (Å²) in [6.07, 6.45) is 1.09. The van der Waals surface area contributed by atoms with Crippen LogP contribution in [0.3, 0.4) is 0 Å². The van der Waals surface area contributed by atoms with E-state index in [9.17, 15) is 9.90 Å². The molecule has 3 atom stereocenters. The van der Waals surface area contributed by atoms with E-state index in [1.807, 2.05) is 109 Å². The molecule has 3 unspecified atom stereocenters. The number of fused-ring (bicyclic) bond motifs is 1. The summed E-state index contributed by atoms with van der Waals surface area (Å²) in [5, 5.41) is 25.7. The van der Waals surface area contributed by atoms with Gasteiger partial charge >= 0.3 is 0 Å². The molecule has 0 saturated carbocycles. The molecule has 2 aromatic heterocycles. The Hall–Kier alpha value is -5.79. The molecule has 11 nitrogen and oxygen atoms in total. The Labute approximate surface area is 310 Å². The number of nitrogens with one attached hydrogen (secondary N) is 1. The van der Waals surface area contributed by atoms with E-state index in [1.54, 1.807) is 4.68 Å². The van der Waals surface area contributed by atoms with Gasteiger partial charge in [0.25, 0.3) is 5.91 Å². The number of nitrogens with zero attached hydrogens (tertiary/aromatic N) is 6. The lowest BCUT2D eigenvalue weighted by Crippen LogP contribution is -2.31. The number of aromatic nitrogens is 6. The normalized spacial score (nSPS) is 17.1. The molecule has 8 rings (SSSR count). The van der Waals surface area contributed by atoms with Crippen molar-refractivity contribution in [2.75, 3.05) is 5.75 Å². The molecule has 53 heavy (non-hydrogen) atoms. The van der Waals surface area contributed by atoms with Crippen molar-refractivity contribution in [3.8, 4) is 16.8 Å². The second-order valence-electron chi connectivity index (χ2n) is 12.6. The lowest BCUT2D eigenvalue weighted by atomic mass is 9.99. The molecule has 5 aromatic carbocycles. The third-order valence-corrected chi connectivity index (χ3v) is 10.1. The van der Waals surface area contributed by atoms with Gasteiger partial charge in [-0.05, 0) is 74.6 Å². The number of rotatable bonds is 11. The van der Waals surface area contributed by atoms with Gasteiger partial charge < -0.3 is 19.9 Å². The average molecular weight is 722 g/mol. The molecule has 264 valence electrons. The van der Waals surface area contributed by atoms with Crippen molar-refractivity contribution in [1.29, 1.82) is 0 Å². The summed E-state index contributed by atoms with van der Waals surface area (Å²) in [7, 11) is 0. The SMILES string of the molecule is O=C(NCc1cccc(-c2cccc(C3OC(CSc4nnnn4-c4ccccc4)CC(c4ccc(CO)cc4)O3)c2)c1)c1cnc2ccccc2n1. The van der Waals surface area contributed by atoms with E-state index >= 15 is 0 Å². The Morgan fingerprint density at radius 2 is 1.58 bits per heavy atom. The summed E-state index contributed by atoms with van der Waals surface area (Å²) in [6, 6.07) is 41.4. The quantitative estimate of drug-likeness (QED) is 0.134. The van der Waals surface area contributed by atoms with Crippen LogP contribution in [0.25, 0.3) is 27.8 Å². The van der Waals surface area contributed by atoms with E-state index in [1.165, 1.54) is 18.0 Å². The molecule has 1 aliphatic rings. The highest BCUT2D eigenvalue weighted by molar-refractivity contribution is 7.99. The zero-order valence-electron chi connectivity index (χ0n) is 28.5. The van der Waals surface area contributed by atoms with Crippen LogP contribution in [-0.2, 0) is 22.6 Å². The summed E-state index contributed by atoms with van der Waals surface area (Å²) in [6.45, 7) is 0.311. The number of carbonyl (C=O) groups is 1. The van der Waals surface area contributed by atoms with Gasteiger partial charge in [-0.15, -0.1) is 5.10 Å². The number of hydrogen-bond donors (Lipinski definition) is 2. The molecular formula is C41H35N7O4S. The second-order valence-corrected chi connectivity index (χ2v) is 13.6. The minimum Gasteiger partial charge on any atom is -0.392 e. The van der Waals surface area contributed by atoms with E-state index in [-0.39, 0.29) is 30.4 Å². The highest BCUT2D eigenvalue weighted by Gasteiger charge is 2.33. The standard InChI is InChI=1S/C41H35N7O4S/c49-25-27-16-18-29(19-17-27)38-22-34(26-53-41-45-46-47-48(41)33-12-2-1-3-13-33)51-40(52-38)32-11-7-10-31(21-32)30-9-6-8-28(20-30)23-43-39(50)37-24-42-35-14-4-5-15-36(35)44-37/h1-21,24,34,38,40,49H,22-23,25-26H2,(H,43,50). The van der Waals surface area contributed by atoms with Crippen molar-refractivity contribution in [2.24, 2.45) is 0 Å². The number of tetrazole rings is 1. The Kier molecular flexibility index (Phi) is 10.3. The lowest BCUT2D eigenvalue weighted by molar-refractivity contribution is -0.245. The maximum atomic E-state index is 13.0. The van der Waals surface area contributed by atoms with Crippen LogP contribution in [0.2, 0.25) is 0 Å². The Morgan fingerprint density at radius 1 is 0.811 bits per heavy atom. The average Bonchev–Trinajstić information content (AvgIpc) is 3.71. The van der Waals surface area contributed by atoms with Crippen molar-refractivity contribution >= 4 is 28.7 Å². The fraction of sp³-hybridized carbons (Fsp3) is 0.171. The third-order valence-electron chi connectivity index (χ3n) is 9.01. The molecule has 0 bridgehead atoms. The highest BCUT2D eigenvalue weighted by atomic mass is 32.2. The van der Waals surface area contributed by atoms with Crippen LogP contribution in [0.4, 0.5) is 0 Å². The van der Waals surface area contributed by atoms with Crippen LogP contribution in [-0.4, -0.2) is 53.0 Å². The lowest BCUT2D eigenvalue weighted by Gasteiger charge is -2.36. The van der Waals surface area contributed by atoms with Gasteiger partial charge in [0.15, 0.2) is 6.29 Å². The minimum absolute atomic E-state index is 0.0214. The van der Waals surface area contributed by atoms with E-state index in [0.717, 1.165) is 44.6 Å². The fourth-order valence-electron chi connectivity index (χ4n) is 6.26. The van der Waals surface area contributed by atoms with E-state index in [0.29, 0.717) is 29.4 Å². The molecule has 12 heteroatoms. The number of ether oxygens (including phenoxy) is 2. The first kappa shape index (κ1) is 34.3. The van der Waals surface area contributed by atoms with Gasteiger partial charge in [0.1, 0.15) is 5.69 Å². The summed E-state index contributed by atoms with van der Waals surface area (Å²) in [4.78, 5) is 21.8. The van der Waals surface area contributed by atoms with E-state index in [2.05, 4.69) is 49.0 Å². The monoisotopic (exact) mass is 721 g/mol. The number of para-hydroxylation sites is 3. The smallest absolute Gasteiger partial charge is 0.271 e. The number of benzene rings is 5. The zero-order chi connectivity index (χ0) is 36.0. The van der Waals surface area contributed by atoms with Crippen LogP contribution < -0.4 is 5.32 Å². The molecule has 0 spiro atoms. The predicted octanol–water partition coefficient (Wildman–Crippen LogP) is 7.03. The number of aliphatic hydroxyl groups is 1. The summed E-state index contributed by atoms with van der Waals surface area (Å²) >= 11 is 1.54. The minimum atomic E-state index is -0.632. The first-order valence-electron chi connectivity index (χ1n) is 17.3. The molecule has 1 saturated heterocycles. The topological polar surface area (TPSA) is 137 Å². The van der Waals surface area contributed by atoms with Crippen molar-refractivity contribution in [3.05, 3.63) is 162 Å². The molecule has 3 heterocycles. The third kappa shape index (κ3) is 8.01. The number of carbonyl (C=O) groups excluding carboxylic acids is 1. The number of hydrogen-bond acceptors (Lipinski definition) is 10. The molecule has 1 fully saturated rings. The van der Waals surface area contributed by atoms with Crippen molar-refractivity contribution in [3.63, 3.8) is 0 Å². The molecule has 1 aliphatic heterocycles. The maximum Gasteiger partial charge on any atom is 0.271 e. The van der Waals surface area contributed by atoms with Gasteiger partial charge in [-0.3, -0.25) is 9.78 Å². The summed E-state index contributed by atoms with van der Waals surface area (Å²) in [5.41, 5.74) is 8.25. The van der Waals surface area contributed by atoms with Gasteiger partial charge in [-0.2, -0.15) is 4.68 Å². The second kappa shape index (κ2) is 15.8. The van der Waals surface area contributed by atoms with Crippen LogP contribution in [0, 0.1) is 0 Å². The molecule has 0 aliphatic carbocycles. The summed E-state index contributed by atoms with van der Waals surface area (Å²) < 4.78 is 15.0. The van der Waals surface area contributed by atoms with Crippen LogP contribution >= 0.6 is 11.8 Å².